The number of anilines is 1. The van der Waals surface area contributed by atoms with Crippen LogP contribution in [0, 0.1) is 0 Å². The fourth-order valence-electron chi connectivity index (χ4n) is 3.71. The van der Waals surface area contributed by atoms with Crippen molar-refractivity contribution >= 4 is 62.3 Å². The lowest BCUT2D eigenvalue weighted by Gasteiger charge is -2.11. The van der Waals surface area contributed by atoms with Crippen LogP contribution in [-0.2, 0) is 4.79 Å². The Balaban J connectivity index is 1.32. The van der Waals surface area contributed by atoms with E-state index in [2.05, 4.69) is 15.3 Å². The number of halogens is 1. The highest BCUT2D eigenvalue weighted by Gasteiger charge is 2.17. The second-order valence-corrected chi connectivity index (χ2v) is 10.0. The summed E-state index contributed by atoms with van der Waals surface area (Å²) in [6.07, 6.45) is 0. The third-order valence-corrected chi connectivity index (χ3v) is 7.36. The molecule has 1 amide bonds. The number of H-pyrrole nitrogens is 1. The zero-order chi connectivity index (χ0) is 25.1. The summed E-state index contributed by atoms with van der Waals surface area (Å²) in [5.74, 6) is -0.597. The molecule has 5 rings (SSSR count). The predicted molar refractivity (Wildman–Crippen MR) is 146 cm³/mol. The number of carbonyl (C=O) groups excluding carboxylic acids is 2. The summed E-state index contributed by atoms with van der Waals surface area (Å²) in [7, 11) is 0. The molecule has 6 nitrogen and oxygen atoms in total. The topological polar surface area (TPSA) is 91.9 Å². The molecule has 0 aliphatic carbocycles. The first-order chi connectivity index (χ1) is 17.5. The van der Waals surface area contributed by atoms with Crippen LogP contribution in [0.3, 0.4) is 0 Å². The molecule has 0 spiro atoms. The molecule has 0 radical (unpaired) electrons. The molecule has 0 unspecified atom stereocenters. The number of aromatic nitrogens is 2. The molecular weight excluding hydrogens is 514 g/mol. The van der Waals surface area contributed by atoms with Crippen LogP contribution >= 0.6 is 34.7 Å². The number of amides is 1. The summed E-state index contributed by atoms with van der Waals surface area (Å²) < 4.78 is 0. The zero-order valence-corrected chi connectivity index (χ0v) is 21.0. The van der Waals surface area contributed by atoms with Gasteiger partial charge in [-0.15, -0.1) is 11.3 Å². The Labute approximate surface area is 219 Å². The van der Waals surface area contributed by atoms with Gasteiger partial charge in [0.25, 0.3) is 5.56 Å². The van der Waals surface area contributed by atoms with Crippen molar-refractivity contribution in [3.63, 3.8) is 0 Å². The molecule has 9 heteroatoms. The Hall–Kier alpha value is -3.72. The van der Waals surface area contributed by atoms with Gasteiger partial charge in [0.15, 0.2) is 10.9 Å². The van der Waals surface area contributed by atoms with E-state index < -0.39 is 0 Å². The smallest absolute Gasteiger partial charge is 0.260 e. The van der Waals surface area contributed by atoms with Crippen LogP contribution in [0.4, 0.5) is 5.69 Å². The van der Waals surface area contributed by atoms with Crippen molar-refractivity contribution < 1.29 is 9.59 Å². The average Bonchev–Trinajstić information content (AvgIpc) is 3.34. The SMILES string of the molecule is O=C(CSc1nc2scc(-c3ccccc3)c2c(=O)[nH]1)Nc1ccc(Cl)cc1C(=O)c1ccccc1. The summed E-state index contributed by atoms with van der Waals surface area (Å²) in [5, 5.41) is 5.96. The number of nitrogens with one attached hydrogen (secondary N) is 2. The summed E-state index contributed by atoms with van der Waals surface area (Å²) in [4.78, 5) is 46.4. The second kappa shape index (κ2) is 10.5. The Morgan fingerprint density at radius 2 is 1.72 bits per heavy atom. The van der Waals surface area contributed by atoms with E-state index in [4.69, 9.17) is 11.6 Å². The zero-order valence-electron chi connectivity index (χ0n) is 18.7. The molecular formula is C27H18ClN3O3S2. The van der Waals surface area contributed by atoms with Gasteiger partial charge in [0.2, 0.25) is 5.91 Å². The molecule has 2 N–H and O–H groups in total. The summed E-state index contributed by atoms with van der Waals surface area (Å²) in [6.45, 7) is 0. The van der Waals surface area contributed by atoms with Crippen molar-refractivity contribution in [1.29, 1.82) is 0 Å². The lowest BCUT2D eigenvalue weighted by atomic mass is 10.0. The third kappa shape index (κ3) is 5.11. The van der Waals surface area contributed by atoms with Gasteiger partial charge in [-0.05, 0) is 23.8 Å². The van der Waals surface area contributed by atoms with E-state index in [0.29, 0.717) is 37.2 Å². The number of benzene rings is 3. The highest BCUT2D eigenvalue weighted by Crippen LogP contribution is 2.31. The minimum Gasteiger partial charge on any atom is -0.325 e. The Bertz CT molecular complexity index is 1630. The standard InChI is InChI=1S/C27H18ClN3O3S2/c28-18-11-12-21(19(13-18)24(33)17-9-5-2-6-10-17)29-22(32)15-36-27-30-25(34)23-20(14-35-26(23)31-27)16-7-3-1-4-8-16/h1-14H,15H2,(H,29,32)(H,30,31,34). The van der Waals surface area contributed by atoms with Crippen LogP contribution in [0.1, 0.15) is 15.9 Å². The van der Waals surface area contributed by atoms with Crippen LogP contribution in [0.2, 0.25) is 5.02 Å². The van der Waals surface area contributed by atoms with E-state index in [1.165, 1.54) is 17.4 Å². The molecule has 3 aromatic carbocycles. The molecule has 36 heavy (non-hydrogen) atoms. The van der Waals surface area contributed by atoms with Crippen molar-refractivity contribution in [1.82, 2.24) is 9.97 Å². The number of carbonyl (C=O) groups is 2. The fraction of sp³-hybridized carbons (Fsp3) is 0.0370. The molecule has 2 heterocycles. The first-order valence-electron chi connectivity index (χ1n) is 10.9. The van der Waals surface area contributed by atoms with Gasteiger partial charge in [0.05, 0.1) is 16.8 Å². The van der Waals surface area contributed by atoms with Gasteiger partial charge in [0.1, 0.15) is 4.83 Å². The van der Waals surface area contributed by atoms with E-state index in [0.717, 1.165) is 22.9 Å². The number of hydrogen-bond donors (Lipinski definition) is 2. The quantitative estimate of drug-likeness (QED) is 0.147. The summed E-state index contributed by atoms with van der Waals surface area (Å²) >= 11 is 8.62. The van der Waals surface area contributed by atoms with Crippen molar-refractivity contribution in [2.24, 2.45) is 0 Å². The van der Waals surface area contributed by atoms with E-state index in [1.54, 1.807) is 36.4 Å². The van der Waals surface area contributed by atoms with Crippen molar-refractivity contribution in [3.8, 4) is 11.1 Å². The van der Waals surface area contributed by atoms with Crippen molar-refractivity contribution in [2.75, 3.05) is 11.1 Å². The predicted octanol–water partition coefficient (Wildman–Crippen LogP) is 6.27. The normalized spacial score (nSPS) is 10.9. The first kappa shape index (κ1) is 24.0. The highest BCUT2D eigenvalue weighted by molar-refractivity contribution is 7.99. The van der Waals surface area contributed by atoms with Crippen LogP contribution in [0.25, 0.3) is 21.3 Å². The van der Waals surface area contributed by atoms with Gasteiger partial charge in [-0.25, -0.2) is 4.98 Å². The fourth-order valence-corrected chi connectivity index (χ4v) is 5.54. The van der Waals surface area contributed by atoms with Gasteiger partial charge in [-0.3, -0.25) is 14.4 Å². The number of hydrogen-bond acceptors (Lipinski definition) is 6. The van der Waals surface area contributed by atoms with Gasteiger partial charge in [-0.2, -0.15) is 0 Å². The summed E-state index contributed by atoms with van der Waals surface area (Å²) in [6, 6.07) is 23.2. The molecule has 0 bridgehead atoms. The van der Waals surface area contributed by atoms with Crippen LogP contribution in [0.15, 0.2) is 94.2 Å². The maximum Gasteiger partial charge on any atom is 0.260 e. The second-order valence-electron chi connectivity index (χ2n) is 7.79. The average molecular weight is 532 g/mol. The molecule has 0 saturated heterocycles. The van der Waals surface area contributed by atoms with Crippen LogP contribution in [-0.4, -0.2) is 27.4 Å². The number of rotatable bonds is 7. The van der Waals surface area contributed by atoms with Crippen LogP contribution in [0.5, 0.6) is 0 Å². The van der Waals surface area contributed by atoms with Crippen LogP contribution < -0.4 is 10.9 Å². The molecule has 0 saturated carbocycles. The van der Waals surface area contributed by atoms with Crippen molar-refractivity contribution in [2.45, 2.75) is 5.16 Å². The van der Waals surface area contributed by atoms with Gasteiger partial charge >= 0.3 is 0 Å². The third-order valence-electron chi connectivity index (χ3n) is 5.38. The molecule has 0 aliphatic rings. The number of aromatic amines is 1. The van der Waals surface area contributed by atoms with Gasteiger partial charge < -0.3 is 10.3 Å². The lowest BCUT2D eigenvalue weighted by molar-refractivity contribution is -0.113. The minimum absolute atomic E-state index is 0.00699. The van der Waals surface area contributed by atoms with Gasteiger partial charge in [0, 0.05) is 27.1 Å². The van der Waals surface area contributed by atoms with Crippen molar-refractivity contribution in [3.05, 3.63) is 111 Å². The Morgan fingerprint density at radius 3 is 2.47 bits per heavy atom. The molecule has 0 aliphatic heterocycles. The molecule has 5 aromatic rings. The van der Waals surface area contributed by atoms with E-state index >= 15 is 0 Å². The number of fused-ring (bicyclic) bond motifs is 1. The highest BCUT2D eigenvalue weighted by atomic mass is 35.5. The van der Waals surface area contributed by atoms with E-state index in [9.17, 15) is 14.4 Å². The number of thiophene rings is 1. The molecule has 2 aromatic heterocycles. The number of thioether (sulfide) groups is 1. The molecule has 0 atom stereocenters. The maximum atomic E-state index is 13.0. The van der Waals surface area contributed by atoms with E-state index in [1.807, 2.05) is 41.8 Å². The largest absolute Gasteiger partial charge is 0.325 e. The van der Waals surface area contributed by atoms with E-state index in [-0.39, 0.29) is 23.0 Å². The minimum atomic E-state index is -0.344. The Morgan fingerprint density at radius 1 is 1.00 bits per heavy atom. The number of ketones is 1. The monoisotopic (exact) mass is 531 g/mol. The number of nitrogens with zero attached hydrogens (tertiary/aromatic N) is 1. The lowest BCUT2D eigenvalue weighted by Crippen LogP contribution is -2.17. The maximum absolute atomic E-state index is 13.0. The summed E-state index contributed by atoms with van der Waals surface area (Å²) in [5.41, 5.74) is 2.67. The Kier molecular flexibility index (Phi) is 6.99. The van der Waals surface area contributed by atoms with Gasteiger partial charge in [-0.1, -0.05) is 84.0 Å². The molecule has 0 fully saturated rings. The molecule has 178 valence electrons. The first-order valence-corrected chi connectivity index (χ1v) is 13.1.